The molecule has 6 heteroatoms. The van der Waals surface area contributed by atoms with Gasteiger partial charge in [-0.3, -0.25) is 4.79 Å². The molecule has 1 aromatic carbocycles. The van der Waals surface area contributed by atoms with Crippen LogP contribution in [0, 0.1) is 0 Å². The van der Waals surface area contributed by atoms with Crippen LogP contribution in [-0.4, -0.2) is 42.3 Å². The molecule has 132 valence electrons. The van der Waals surface area contributed by atoms with Gasteiger partial charge in [0.1, 0.15) is 5.75 Å². The number of ether oxygens (including phenoxy) is 2. The molecule has 0 bridgehead atoms. The first-order valence-corrected chi connectivity index (χ1v) is 7.83. The number of benzene rings is 1. The average Bonchev–Trinajstić information content (AvgIpc) is 2.53. The molecule has 0 saturated carbocycles. The molecule has 6 nitrogen and oxygen atoms in total. The van der Waals surface area contributed by atoms with Crippen molar-refractivity contribution in [1.82, 2.24) is 5.32 Å². The second kappa shape index (κ2) is 9.72. The van der Waals surface area contributed by atoms with Gasteiger partial charge in [-0.2, -0.15) is 0 Å². The Morgan fingerprint density at radius 2 is 2.04 bits per heavy atom. The topological polar surface area (TPSA) is 84.9 Å². The van der Waals surface area contributed by atoms with Crippen LogP contribution < -0.4 is 10.1 Å². The lowest BCUT2D eigenvalue weighted by atomic mass is 10.0. The molecule has 2 atom stereocenters. The summed E-state index contributed by atoms with van der Waals surface area (Å²) in [5.41, 5.74) is 1.10. The monoisotopic (exact) mass is 335 g/mol. The van der Waals surface area contributed by atoms with Crippen LogP contribution >= 0.6 is 0 Å². The summed E-state index contributed by atoms with van der Waals surface area (Å²) in [4.78, 5) is 23.3. The van der Waals surface area contributed by atoms with Crippen LogP contribution in [0.3, 0.4) is 0 Å². The highest BCUT2D eigenvalue weighted by Crippen LogP contribution is 2.21. The fraction of sp³-hybridized carbons (Fsp3) is 0.444. The summed E-state index contributed by atoms with van der Waals surface area (Å²) >= 11 is 0. The van der Waals surface area contributed by atoms with Gasteiger partial charge >= 0.3 is 5.97 Å². The summed E-state index contributed by atoms with van der Waals surface area (Å²) in [6, 6.07) is 6.34. The molecule has 0 aliphatic heterocycles. The Balaban J connectivity index is 2.64. The van der Waals surface area contributed by atoms with Crippen molar-refractivity contribution in [3.63, 3.8) is 0 Å². The quantitative estimate of drug-likeness (QED) is 0.506. The third-order valence-corrected chi connectivity index (χ3v) is 3.34. The molecule has 2 unspecified atom stereocenters. The van der Waals surface area contributed by atoms with Crippen molar-refractivity contribution < 1.29 is 24.2 Å². The minimum atomic E-state index is -1.17. The van der Waals surface area contributed by atoms with E-state index in [9.17, 15) is 9.59 Å². The van der Waals surface area contributed by atoms with Crippen LogP contribution in [0.2, 0.25) is 0 Å². The van der Waals surface area contributed by atoms with Gasteiger partial charge in [0.05, 0.1) is 13.2 Å². The fourth-order valence-electron chi connectivity index (χ4n) is 1.94. The van der Waals surface area contributed by atoms with Crippen molar-refractivity contribution in [3.05, 3.63) is 42.5 Å². The third kappa shape index (κ3) is 6.42. The molecule has 0 spiro atoms. The van der Waals surface area contributed by atoms with Crippen LogP contribution in [0.5, 0.6) is 5.75 Å². The van der Waals surface area contributed by atoms with Gasteiger partial charge in [0.2, 0.25) is 0 Å². The van der Waals surface area contributed by atoms with E-state index in [0.717, 1.165) is 5.56 Å². The zero-order chi connectivity index (χ0) is 18.1. The maximum atomic E-state index is 12.1. The smallest absolute Gasteiger partial charge is 0.328 e. The number of rotatable bonds is 10. The molecule has 1 amide bonds. The highest BCUT2D eigenvalue weighted by atomic mass is 16.5. The van der Waals surface area contributed by atoms with E-state index < -0.39 is 24.0 Å². The van der Waals surface area contributed by atoms with Crippen molar-refractivity contribution in [1.29, 1.82) is 0 Å². The van der Waals surface area contributed by atoms with Gasteiger partial charge in [-0.1, -0.05) is 32.1 Å². The molecule has 1 rings (SSSR count). The zero-order valence-electron chi connectivity index (χ0n) is 14.3. The lowest BCUT2D eigenvalue weighted by Crippen LogP contribution is -2.48. The summed E-state index contributed by atoms with van der Waals surface area (Å²) in [5.74, 6) is -0.768. The van der Waals surface area contributed by atoms with Gasteiger partial charge in [0, 0.05) is 0 Å². The van der Waals surface area contributed by atoms with E-state index >= 15 is 0 Å². The van der Waals surface area contributed by atoms with E-state index in [1.807, 2.05) is 18.2 Å². The minimum absolute atomic E-state index is 0.136. The van der Waals surface area contributed by atoms with Crippen LogP contribution in [0.1, 0.15) is 32.3 Å². The van der Waals surface area contributed by atoms with Crippen LogP contribution in [0.15, 0.2) is 36.9 Å². The molecule has 0 aliphatic carbocycles. The van der Waals surface area contributed by atoms with Gasteiger partial charge in [0.15, 0.2) is 12.1 Å². The molecule has 0 heterocycles. The number of nitrogens with one attached hydrogen (secondary N) is 1. The maximum absolute atomic E-state index is 12.1. The Kier molecular flexibility index (Phi) is 7.98. The Labute approximate surface area is 142 Å². The number of amides is 1. The predicted octanol–water partition coefficient (Wildman–Crippen LogP) is 2.35. The van der Waals surface area contributed by atoms with E-state index in [0.29, 0.717) is 11.7 Å². The summed E-state index contributed by atoms with van der Waals surface area (Å²) in [6.45, 7) is 9.26. The van der Waals surface area contributed by atoms with Crippen molar-refractivity contribution in [3.8, 4) is 5.75 Å². The number of carboxylic acid groups (broad SMARTS) is 1. The molecule has 0 fully saturated rings. The fourth-order valence-corrected chi connectivity index (χ4v) is 1.94. The number of aliphatic carboxylic acids is 1. The molecule has 0 aliphatic rings. The molecule has 0 saturated heterocycles. The standard InChI is InChI=1S/C18H25NO5/c1-5-9-23-11-16(18(21)22)19-17(20)13(4)24-15-8-6-7-14(10-15)12(2)3/h5-8,10,12-13,16H,1,9,11H2,2-4H3,(H,19,20)(H,21,22). The number of hydrogen-bond donors (Lipinski definition) is 2. The van der Waals surface area contributed by atoms with Crippen LogP contribution in [0.25, 0.3) is 0 Å². The van der Waals surface area contributed by atoms with Gasteiger partial charge in [-0.25, -0.2) is 4.79 Å². The van der Waals surface area contributed by atoms with E-state index in [-0.39, 0.29) is 13.2 Å². The average molecular weight is 335 g/mol. The highest BCUT2D eigenvalue weighted by molar-refractivity contribution is 5.86. The summed E-state index contributed by atoms with van der Waals surface area (Å²) in [6.07, 6.45) is 0.683. The van der Waals surface area contributed by atoms with E-state index in [1.165, 1.54) is 6.08 Å². The van der Waals surface area contributed by atoms with Gasteiger partial charge < -0.3 is 19.9 Å². The van der Waals surface area contributed by atoms with E-state index in [2.05, 4.69) is 25.7 Å². The van der Waals surface area contributed by atoms with Crippen molar-refractivity contribution >= 4 is 11.9 Å². The van der Waals surface area contributed by atoms with Crippen molar-refractivity contribution in [2.45, 2.75) is 38.8 Å². The Morgan fingerprint density at radius 3 is 2.62 bits per heavy atom. The van der Waals surface area contributed by atoms with Gasteiger partial charge in [0.25, 0.3) is 5.91 Å². The Morgan fingerprint density at radius 1 is 1.33 bits per heavy atom. The molecule has 1 aromatic rings. The minimum Gasteiger partial charge on any atom is -0.481 e. The normalized spacial score (nSPS) is 13.2. The lowest BCUT2D eigenvalue weighted by Gasteiger charge is -2.19. The molecule has 2 N–H and O–H groups in total. The number of hydrogen-bond acceptors (Lipinski definition) is 4. The first-order chi connectivity index (χ1) is 11.3. The highest BCUT2D eigenvalue weighted by Gasteiger charge is 2.24. The molecule has 24 heavy (non-hydrogen) atoms. The third-order valence-electron chi connectivity index (χ3n) is 3.34. The Hall–Kier alpha value is -2.34. The summed E-state index contributed by atoms with van der Waals surface area (Å²) in [7, 11) is 0. The number of carboxylic acids is 1. The lowest BCUT2D eigenvalue weighted by molar-refractivity contribution is -0.144. The second-order valence-electron chi connectivity index (χ2n) is 5.71. The van der Waals surface area contributed by atoms with Gasteiger partial charge in [-0.05, 0) is 30.5 Å². The molecular weight excluding hydrogens is 310 g/mol. The van der Waals surface area contributed by atoms with Crippen LogP contribution in [0.4, 0.5) is 0 Å². The van der Waals surface area contributed by atoms with Crippen molar-refractivity contribution in [2.24, 2.45) is 0 Å². The zero-order valence-corrected chi connectivity index (χ0v) is 14.3. The van der Waals surface area contributed by atoms with E-state index in [1.54, 1.807) is 13.0 Å². The SMILES string of the molecule is C=CCOCC(NC(=O)C(C)Oc1cccc(C(C)C)c1)C(=O)O. The largest absolute Gasteiger partial charge is 0.481 e. The number of carbonyl (C=O) groups is 2. The summed E-state index contributed by atoms with van der Waals surface area (Å²) in [5, 5.41) is 11.5. The first-order valence-electron chi connectivity index (χ1n) is 7.83. The second-order valence-corrected chi connectivity index (χ2v) is 5.71. The summed E-state index contributed by atoms with van der Waals surface area (Å²) < 4.78 is 10.7. The van der Waals surface area contributed by atoms with E-state index in [4.69, 9.17) is 14.6 Å². The molecule has 0 aromatic heterocycles. The Bertz CT molecular complexity index is 570. The van der Waals surface area contributed by atoms with Gasteiger partial charge in [-0.15, -0.1) is 6.58 Å². The molecule has 0 radical (unpaired) electrons. The van der Waals surface area contributed by atoms with Crippen LogP contribution in [-0.2, 0) is 14.3 Å². The number of carbonyl (C=O) groups excluding carboxylic acids is 1. The molecular formula is C18H25NO5. The van der Waals surface area contributed by atoms with Crippen molar-refractivity contribution in [2.75, 3.05) is 13.2 Å². The predicted molar refractivity (Wildman–Crippen MR) is 91.2 cm³/mol. The maximum Gasteiger partial charge on any atom is 0.328 e. The first kappa shape index (κ1) is 19.7.